The van der Waals surface area contributed by atoms with Crippen LogP contribution in [0.2, 0.25) is 0 Å². The van der Waals surface area contributed by atoms with E-state index in [1.54, 1.807) is 4.90 Å². The predicted molar refractivity (Wildman–Crippen MR) is 160 cm³/mol. The van der Waals surface area contributed by atoms with Crippen molar-refractivity contribution in [1.29, 1.82) is 0 Å². The zero-order valence-corrected chi connectivity index (χ0v) is 24.1. The number of rotatable bonds is 8. The second kappa shape index (κ2) is 12.0. The van der Waals surface area contributed by atoms with E-state index in [-0.39, 0.29) is 18.9 Å². The number of aliphatic imine (C=N–C) groups is 1. The molecular weight excluding hydrogens is 518 g/mol. The first kappa shape index (κ1) is 27.5. The van der Waals surface area contributed by atoms with Gasteiger partial charge in [0.1, 0.15) is 6.61 Å². The van der Waals surface area contributed by atoms with Gasteiger partial charge in [-0.1, -0.05) is 96.2 Å². The molecule has 204 valence electrons. The summed E-state index contributed by atoms with van der Waals surface area (Å²) in [7, 11) is 1.82. The Labute approximate surface area is 240 Å². The number of ether oxygens (including phenoxy) is 1. The van der Waals surface area contributed by atoms with E-state index in [4.69, 9.17) is 9.73 Å². The Balaban J connectivity index is 1.44. The summed E-state index contributed by atoms with van der Waals surface area (Å²) >= 11 is 1.48. The molecule has 2 heterocycles. The average Bonchev–Trinajstić information content (AvgIpc) is 3.34. The molecule has 3 aromatic carbocycles. The van der Waals surface area contributed by atoms with Gasteiger partial charge in [-0.05, 0) is 48.4 Å². The highest BCUT2D eigenvalue weighted by Gasteiger charge is 2.41. The molecule has 0 aromatic heterocycles. The summed E-state index contributed by atoms with van der Waals surface area (Å²) in [6, 6.07) is 25.4. The van der Waals surface area contributed by atoms with Crippen molar-refractivity contribution in [3.63, 3.8) is 0 Å². The number of carbonyl (C=O) groups is 2. The predicted octanol–water partition coefficient (Wildman–Crippen LogP) is 6.67. The molecule has 0 radical (unpaired) electrons. The molecule has 40 heavy (non-hydrogen) atoms. The van der Waals surface area contributed by atoms with Gasteiger partial charge in [-0.3, -0.25) is 4.79 Å². The molecule has 0 fully saturated rings. The van der Waals surface area contributed by atoms with Crippen molar-refractivity contribution in [2.45, 2.75) is 46.4 Å². The first-order valence-corrected chi connectivity index (χ1v) is 14.2. The molecule has 0 bridgehead atoms. The minimum atomic E-state index is -0.454. The molecule has 2 aliphatic heterocycles. The van der Waals surface area contributed by atoms with Crippen LogP contribution in [0.4, 0.5) is 0 Å². The third kappa shape index (κ3) is 5.89. The number of esters is 1. The summed E-state index contributed by atoms with van der Waals surface area (Å²) in [6.45, 7) is 6.67. The normalized spacial score (nSPS) is 16.3. The van der Waals surface area contributed by atoms with Crippen LogP contribution >= 0.6 is 11.8 Å². The lowest BCUT2D eigenvalue weighted by atomic mass is 9.90. The van der Waals surface area contributed by atoms with Crippen molar-refractivity contribution in [1.82, 2.24) is 9.80 Å². The van der Waals surface area contributed by atoms with E-state index >= 15 is 0 Å². The average molecular weight is 552 g/mol. The maximum Gasteiger partial charge on any atom is 0.338 e. The molecule has 0 saturated carbocycles. The number of benzene rings is 3. The van der Waals surface area contributed by atoms with Crippen molar-refractivity contribution < 1.29 is 14.3 Å². The van der Waals surface area contributed by atoms with Crippen molar-refractivity contribution in [3.8, 4) is 0 Å². The van der Waals surface area contributed by atoms with E-state index in [0.717, 1.165) is 38.7 Å². The van der Waals surface area contributed by atoms with Crippen LogP contribution in [0, 0.1) is 13.8 Å². The van der Waals surface area contributed by atoms with E-state index in [2.05, 4.69) is 32.0 Å². The van der Waals surface area contributed by atoms with Gasteiger partial charge in [0, 0.05) is 19.3 Å². The maximum atomic E-state index is 13.7. The SMILES string of the molecule is CC1=C(C(=O)OCc2ccccc2)C(c2ccc(C)cc2C)N2C(CC(=O)N(C)Cc3ccccc3)=CSC2=N1. The molecule has 0 aliphatic carbocycles. The van der Waals surface area contributed by atoms with Crippen LogP contribution in [0.25, 0.3) is 0 Å². The van der Waals surface area contributed by atoms with Gasteiger partial charge >= 0.3 is 5.97 Å². The maximum absolute atomic E-state index is 13.7. The molecular formula is C33H33N3O3S. The third-order valence-corrected chi connectivity index (χ3v) is 8.06. The standard InChI is InChI=1S/C33H33N3O3S/c1-22-15-16-28(23(2)17-22)31-30(32(38)39-20-26-13-9-6-10-14-26)24(3)34-33-36(31)27(21-40-33)18-29(37)35(4)19-25-11-7-5-8-12-25/h5-17,21,31H,18-20H2,1-4H3. The van der Waals surface area contributed by atoms with Gasteiger partial charge in [0.05, 0.1) is 23.7 Å². The number of aryl methyl sites for hydroxylation is 2. The first-order chi connectivity index (χ1) is 19.3. The Kier molecular flexibility index (Phi) is 8.21. The number of hydrogen-bond acceptors (Lipinski definition) is 6. The number of amidine groups is 1. The van der Waals surface area contributed by atoms with Gasteiger partial charge in [-0.25, -0.2) is 9.79 Å². The topological polar surface area (TPSA) is 62.2 Å². The highest BCUT2D eigenvalue weighted by Crippen LogP contribution is 2.45. The highest BCUT2D eigenvalue weighted by atomic mass is 32.2. The van der Waals surface area contributed by atoms with E-state index in [1.807, 2.05) is 84.9 Å². The van der Waals surface area contributed by atoms with E-state index in [9.17, 15) is 9.59 Å². The van der Waals surface area contributed by atoms with E-state index < -0.39 is 12.0 Å². The van der Waals surface area contributed by atoms with Crippen LogP contribution in [0.15, 0.2) is 106 Å². The van der Waals surface area contributed by atoms with Crippen LogP contribution in [0.5, 0.6) is 0 Å². The van der Waals surface area contributed by atoms with Gasteiger partial charge in [0.15, 0.2) is 5.17 Å². The summed E-state index contributed by atoms with van der Waals surface area (Å²) < 4.78 is 5.83. The molecule has 6 nitrogen and oxygen atoms in total. The van der Waals surface area contributed by atoms with Crippen molar-refractivity contribution >= 4 is 28.8 Å². The smallest absolute Gasteiger partial charge is 0.338 e. The van der Waals surface area contributed by atoms with Gasteiger partial charge in [0.25, 0.3) is 0 Å². The summed E-state index contributed by atoms with van der Waals surface area (Å²) in [4.78, 5) is 35.7. The number of fused-ring (bicyclic) bond motifs is 1. The molecule has 3 aromatic rings. The molecule has 0 saturated heterocycles. The zero-order chi connectivity index (χ0) is 28.2. The first-order valence-electron chi connectivity index (χ1n) is 13.3. The lowest BCUT2D eigenvalue weighted by Crippen LogP contribution is -2.38. The van der Waals surface area contributed by atoms with Gasteiger partial charge < -0.3 is 14.5 Å². The number of carbonyl (C=O) groups excluding carboxylic acids is 2. The molecule has 7 heteroatoms. The fourth-order valence-corrected chi connectivity index (χ4v) is 6.06. The number of allylic oxidation sites excluding steroid dienone is 1. The summed E-state index contributed by atoms with van der Waals surface area (Å²) in [5, 5.41) is 2.74. The Morgan fingerprint density at radius 3 is 2.30 bits per heavy atom. The lowest BCUT2D eigenvalue weighted by Gasteiger charge is -2.37. The highest BCUT2D eigenvalue weighted by molar-refractivity contribution is 8.16. The molecule has 2 aliphatic rings. The number of hydrogen-bond donors (Lipinski definition) is 0. The number of amides is 1. The van der Waals surface area contributed by atoms with Crippen molar-refractivity contribution in [3.05, 3.63) is 129 Å². The van der Waals surface area contributed by atoms with Gasteiger partial charge in [0.2, 0.25) is 5.91 Å². The second-order valence-corrected chi connectivity index (χ2v) is 11.1. The van der Waals surface area contributed by atoms with Crippen LogP contribution in [-0.2, 0) is 27.5 Å². The zero-order valence-electron chi connectivity index (χ0n) is 23.3. The van der Waals surface area contributed by atoms with Gasteiger partial charge in [-0.15, -0.1) is 0 Å². The summed E-state index contributed by atoms with van der Waals surface area (Å²) in [5.74, 6) is -0.409. The van der Waals surface area contributed by atoms with E-state index in [1.165, 1.54) is 11.8 Å². The second-order valence-electron chi connectivity index (χ2n) is 10.2. The van der Waals surface area contributed by atoms with Crippen LogP contribution in [0.1, 0.15) is 47.2 Å². The van der Waals surface area contributed by atoms with Crippen LogP contribution in [-0.4, -0.2) is 33.9 Å². The Hall–Kier alpha value is -4.10. The Morgan fingerprint density at radius 2 is 1.62 bits per heavy atom. The summed E-state index contributed by atoms with van der Waals surface area (Å²) in [6.07, 6.45) is 0.197. The fraction of sp³-hybridized carbons (Fsp3) is 0.242. The lowest BCUT2D eigenvalue weighted by molar-refractivity contribution is -0.141. The Bertz CT molecular complexity index is 1510. The van der Waals surface area contributed by atoms with E-state index in [0.29, 0.717) is 17.8 Å². The molecule has 0 spiro atoms. The van der Waals surface area contributed by atoms with Gasteiger partial charge in [-0.2, -0.15) is 0 Å². The molecule has 5 rings (SSSR count). The molecule has 1 amide bonds. The quantitative estimate of drug-likeness (QED) is 0.293. The Morgan fingerprint density at radius 1 is 0.950 bits per heavy atom. The fourth-order valence-electron chi connectivity index (χ4n) is 5.09. The van der Waals surface area contributed by atoms with Crippen LogP contribution in [0.3, 0.4) is 0 Å². The van der Waals surface area contributed by atoms with Crippen molar-refractivity contribution in [2.75, 3.05) is 7.05 Å². The minimum Gasteiger partial charge on any atom is -0.457 e. The number of thioether (sulfide) groups is 1. The third-order valence-electron chi connectivity index (χ3n) is 7.17. The molecule has 1 atom stereocenters. The largest absolute Gasteiger partial charge is 0.457 e. The summed E-state index contributed by atoms with van der Waals surface area (Å²) in [5.41, 5.74) is 7.13. The molecule has 0 N–H and O–H groups in total. The minimum absolute atomic E-state index is 0.00388. The van der Waals surface area contributed by atoms with Crippen LogP contribution < -0.4 is 0 Å². The monoisotopic (exact) mass is 551 g/mol. The number of nitrogens with zero attached hydrogens (tertiary/aromatic N) is 3. The van der Waals surface area contributed by atoms with Crippen molar-refractivity contribution in [2.24, 2.45) is 4.99 Å². The molecule has 1 unspecified atom stereocenters.